The van der Waals surface area contributed by atoms with Crippen molar-refractivity contribution in [2.45, 2.75) is 13.3 Å². The molecule has 0 radical (unpaired) electrons. The molecule has 0 saturated heterocycles. The highest BCUT2D eigenvalue weighted by Gasteiger charge is 2.16. The molecule has 0 bridgehead atoms. The van der Waals surface area contributed by atoms with Gasteiger partial charge in [0, 0.05) is 22.8 Å². The van der Waals surface area contributed by atoms with Crippen LogP contribution >= 0.6 is 0 Å². The number of amides is 1. The zero-order valence-corrected chi connectivity index (χ0v) is 17.9. The van der Waals surface area contributed by atoms with Gasteiger partial charge in [0.25, 0.3) is 0 Å². The van der Waals surface area contributed by atoms with E-state index in [4.69, 9.17) is 9.84 Å². The molecule has 0 fully saturated rings. The molecule has 3 aromatic carbocycles. The molecule has 0 spiro atoms. The number of ether oxygens (including phenoxy) is 1. The molecule has 0 aliphatic carbocycles. The van der Waals surface area contributed by atoms with Crippen LogP contribution in [0.3, 0.4) is 0 Å². The number of hydrogen-bond donors (Lipinski definition) is 1. The van der Waals surface area contributed by atoms with Crippen molar-refractivity contribution in [2.24, 2.45) is 0 Å². The smallest absolute Gasteiger partial charge is 0.230 e. The van der Waals surface area contributed by atoms with Crippen LogP contribution in [0, 0.1) is 0 Å². The SMILES string of the molecule is COc1ccc(C(C)=O)cc1CC(=O)Nc1cc(-c2ccccc2)nn1-c1ccccc1. The molecular formula is C26H23N3O3. The van der Waals surface area contributed by atoms with Crippen molar-refractivity contribution >= 4 is 17.5 Å². The van der Waals surface area contributed by atoms with E-state index in [0.29, 0.717) is 22.7 Å². The Kier molecular flexibility index (Phi) is 6.12. The first-order valence-corrected chi connectivity index (χ1v) is 10.2. The number of nitrogens with one attached hydrogen (secondary N) is 1. The van der Waals surface area contributed by atoms with Gasteiger partial charge in [0.2, 0.25) is 5.91 Å². The number of rotatable bonds is 7. The zero-order chi connectivity index (χ0) is 22.5. The predicted molar refractivity (Wildman–Crippen MR) is 124 cm³/mol. The maximum absolute atomic E-state index is 13.0. The first-order valence-electron chi connectivity index (χ1n) is 10.2. The van der Waals surface area contributed by atoms with Gasteiger partial charge in [0.15, 0.2) is 5.78 Å². The molecule has 1 heterocycles. The molecule has 160 valence electrons. The van der Waals surface area contributed by atoms with Gasteiger partial charge >= 0.3 is 0 Å². The third kappa shape index (κ3) is 4.59. The fourth-order valence-electron chi connectivity index (χ4n) is 3.48. The summed E-state index contributed by atoms with van der Waals surface area (Å²) in [6.07, 6.45) is 0.0604. The molecule has 0 aliphatic rings. The molecule has 1 aromatic heterocycles. The van der Waals surface area contributed by atoms with Crippen LogP contribution in [0.15, 0.2) is 84.9 Å². The number of hydrogen-bond acceptors (Lipinski definition) is 4. The van der Waals surface area contributed by atoms with E-state index in [-0.39, 0.29) is 18.1 Å². The molecule has 4 rings (SSSR count). The van der Waals surface area contributed by atoms with Gasteiger partial charge in [-0.1, -0.05) is 48.5 Å². The minimum absolute atomic E-state index is 0.0604. The van der Waals surface area contributed by atoms with Crippen molar-refractivity contribution in [1.82, 2.24) is 9.78 Å². The molecule has 1 amide bonds. The predicted octanol–water partition coefficient (Wildman–Crippen LogP) is 4.93. The Balaban J connectivity index is 1.65. The summed E-state index contributed by atoms with van der Waals surface area (Å²) in [6, 6.07) is 26.4. The Hall–Kier alpha value is -4.19. The monoisotopic (exact) mass is 425 g/mol. The van der Waals surface area contributed by atoms with E-state index in [0.717, 1.165) is 16.9 Å². The summed E-state index contributed by atoms with van der Waals surface area (Å²) in [6.45, 7) is 1.50. The van der Waals surface area contributed by atoms with Crippen molar-refractivity contribution < 1.29 is 14.3 Å². The second-order valence-corrected chi connectivity index (χ2v) is 7.34. The Morgan fingerprint density at radius 3 is 2.28 bits per heavy atom. The summed E-state index contributed by atoms with van der Waals surface area (Å²) in [5.74, 6) is 0.818. The molecular weight excluding hydrogens is 402 g/mol. The minimum Gasteiger partial charge on any atom is -0.496 e. The molecule has 0 aliphatic heterocycles. The fourth-order valence-corrected chi connectivity index (χ4v) is 3.48. The van der Waals surface area contributed by atoms with Crippen LogP contribution < -0.4 is 10.1 Å². The Bertz CT molecular complexity index is 1250. The quantitative estimate of drug-likeness (QED) is 0.426. The van der Waals surface area contributed by atoms with Crippen LogP contribution in [0.2, 0.25) is 0 Å². The molecule has 0 saturated carbocycles. The number of para-hydroxylation sites is 1. The summed E-state index contributed by atoms with van der Waals surface area (Å²) < 4.78 is 7.09. The van der Waals surface area contributed by atoms with E-state index in [1.165, 1.54) is 6.92 Å². The maximum atomic E-state index is 13.0. The van der Waals surface area contributed by atoms with E-state index in [1.807, 2.05) is 66.7 Å². The molecule has 1 N–H and O–H groups in total. The highest BCUT2D eigenvalue weighted by Crippen LogP contribution is 2.26. The number of Topliss-reactive ketones (excluding diaryl/α,β-unsaturated/α-hetero) is 1. The first kappa shape index (κ1) is 21.1. The molecule has 6 nitrogen and oxygen atoms in total. The van der Waals surface area contributed by atoms with E-state index >= 15 is 0 Å². The van der Waals surface area contributed by atoms with Crippen molar-refractivity contribution in [3.63, 3.8) is 0 Å². The Labute approximate surface area is 186 Å². The van der Waals surface area contributed by atoms with Crippen molar-refractivity contribution in [3.8, 4) is 22.7 Å². The van der Waals surface area contributed by atoms with Gasteiger partial charge in [0.05, 0.1) is 24.9 Å². The number of anilines is 1. The van der Waals surface area contributed by atoms with Gasteiger partial charge < -0.3 is 10.1 Å². The Morgan fingerprint density at radius 2 is 1.62 bits per heavy atom. The standard InChI is InChI=1S/C26H23N3O3/c1-18(30)20-13-14-24(32-2)21(15-20)16-26(31)27-25-17-23(19-9-5-3-6-10-19)28-29(25)22-11-7-4-8-12-22/h3-15,17H,16H2,1-2H3,(H,27,31). The lowest BCUT2D eigenvalue weighted by atomic mass is 10.0. The van der Waals surface area contributed by atoms with E-state index in [2.05, 4.69) is 5.32 Å². The number of ketones is 1. The summed E-state index contributed by atoms with van der Waals surface area (Å²) in [5, 5.41) is 7.68. The molecule has 0 atom stereocenters. The summed E-state index contributed by atoms with van der Waals surface area (Å²) >= 11 is 0. The minimum atomic E-state index is -0.235. The van der Waals surface area contributed by atoms with Gasteiger partial charge in [-0.2, -0.15) is 5.10 Å². The molecule has 0 unspecified atom stereocenters. The van der Waals surface area contributed by atoms with E-state index in [9.17, 15) is 9.59 Å². The summed E-state index contributed by atoms with van der Waals surface area (Å²) in [4.78, 5) is 24.7. The van der Waals surface area contributed by atoms with Crippen molar-refractivity contribution in [2.75, 3.05) is 12.4 Å². The number of carbonyl (C=O) groups excluding carboxylic acids is 2. The zero-order valence-electron chi connectivity index (χ0n) is 17.9. The van der Waals surface area contributed by atoms with Gasteiger partial charge in [-0.25, -0.2) is 4.68 Å². The van der Waals surface area contributed by atoms with Crippen LogP contribution in [-0.2, 0) is 11.2 Å². The van der Waals surface area contributed by atoms with Gasteiger partial charge in [0.1, 0.15) is 11.6 Å². The number of methoxy groups -OCH3 is 1. The van der Waals surface area contributed by atoms with Gasteiger partial charge in [-0.3, -0.25) is 9.59 Å². The largest absolute Gasteiger partial charge is 0.496 e. The number of aromatic nitrogens is 2. The maximum Gasteiger partial charge on any atom is 0.230 e. The second kappa shape index (κ2) is 9.31. The summed E-state index contributed by atoms with van der Waals surface area (Å²) in [7, 11) is 1.54. The fraction of sp³-hybridized carbons (Fsp3) is 0.115. The number of nitrogens with zero attached hydrogens (tertiary/aromatic N) is 2. The topological polar surface area (TPSA) is 73.2 Å². The van der Waals surface area contributed by atoms with Crippen LogP contribution in [0.25, 0.3) is 16.9 Å². The summed E-state index contributed by atoms with van der Waals surface area (Å²) in [5.41, 5.74) is 3.72. The molecule has 4 aromatic rings. The second-order valence-electron chi connectivity index (χ2n) is 7.34. The van der Waals surface area contributed by atoms with Crippen LogP contribution in [-0.4, -0.2) is 28.6 Å². The first-order chi connectivity index (χ1) is 15.5. The molecule has 6 heteroatoms. The van der Waals surface area contributed by atoms with Crippen molar-refractivity contribution in [3.05, 3.63) is 96.1 Å². The van der Waals surface area contributed by atoms with Gasteiger partial charge in [-0.05, 0) is 37.3 Å². The number of benzene rings is 3. The Morgan fingerprint density at radius 1 is 0.938 bits per heavy atom. The van der Waals surface area contributed by atoms with Crippen LogP contribution in [0.5, 0.6) is 5.75 Å². The normalized spacial score (nSPS) is 10.6. The van der Waals surface area contributed by atoms with Gasteiger partial charge in [-0.15, -0.1) is 0 Å². The number of carbonyl (C=O) groups is 2. The average molecular weight is 425 g/mol. The van der Waals surface area contributed by atoms with E-state index < -0.39 is 0 Å². The van der Waals surface area contributed by atoms with Crippen LogP contribution in [0.4, 0.5) is 5.82 Å². The van der Waals surface area contributed by atoms with Crippen LogP contribution in [0.1, 0.15) is 22.8 Å². The highest BCUT2D eigenvalue weighted by atomic mass is 16.5. The van der Waals surface area contributed by atoms with Crippen molar-refractivity contribution in [1.29, 1.82) is 0 Å². The molecule has 32 heavy (non-hydrogen) atoms. The third-order valence-electron chi connectivity index (χ3n) is 5.09. The average Bonchev–Trinajstić information content (AvgIpc) is 3.23. The lowest BCUT2D eigenvalue weighted by Crippen LogP contribution is -2.17. The lowest BCUT2D eigenvalue weighted by Gasteiger charge is -2.11. The van der Waals surface area contributed by atoms with E-state index in [1.54, 1.807) is 30.0 Å². The third-order valence-corrected chi connectivity index (χ3v) is 5.09. The highest BCUT2D eigenvalue weighted by molar-refractivity contribution is 5.96. The lowest BCUT2D eigenvalue weighted by molar-refractivity contribution is -0.115.